The number of aryl methyl sites for hydroxylation is 1. The number of aromatic nitrogens is 3. The van der Waals surface area contributed by atoms with Gasteiger partial charge in [-0.3, -0.25) is 0 Å². The van der Waals surface area contributed by atoms with Crippen molar-refractivity contribution in [2.75, 3.05) is 0 Å². The summed E-state index contributed by atoms with van der Waals surface area (Å²) in [6.07, 6.45) is -0.125. The Bertz CT molecular complexity index is 421. The average molecular weight is 290 g/mol. The smallest absolute Gasteiger partial charge is 0.322 e. The zero-order chi connectivity index (χ0) is 14.8. The van der Waals surface area contributed by atoms with E-state index >= 15 is 0 Å². The SMILES string of the molecule is CCCn1nncc1C(N)C1CCC(C(F)(F)F)CC1. The Labute approximate surface area is 116 Å². The Morgan fingerprint density at radius 3 is 2.55 bits per heavy atom. The number of rotatable bonds is 4. The minimum Gasteiger partial charge on any atom is -0.322 e. The lowest BCUT2D eigenvalue weighted by atomic mass is 9.77. The maximum Gasteiger partial charge on any atom is 0.391 e. The van der Waals surface area contributed by atoms with Gasteiger partial charge in [0.25, 0.3) is 0 Å². The first-order chi connectivity index (χ1) is 9.43. The molecule has 0 radical (unpaired) electrons. The molecular weight excluding hydrogens is 269 g/mol. The van der Waals surface area contributed by atoms with E-state index in [0.29, 0.717) is 12.8 Å². The van der Waals surface area contributed by atoms with Crippen molar-refractivity contribution in [2.24, 2.45) is 17.6 Å². The van der Waals surface area contributed by atoms with Gasteiger partial charge in [-0.25, -0.2) is 4.68 Å². The fraction of sp³-hybridized carbons (Fsp3) is 0.846. The molecule has 2 rings (SSSR count). The molecule has 1 fully saturated rings. The number of hydrogen-bond acceptors (Lipinski definition) is 3. The summed E-state index contributed by atoms with van der Waals surface area (Å²) in [4.78, 5) is 0. The molecule has 0 aliphatic heterocycles. The standard InChI is InChI=1S/C13H21F3N4/c1-2-7-20-11(8-18-19-20)12(17)9-3-5-10(6-4-9)13(14,15)16/h8-10,12H,2-7,17H2,1H3. The van der Waals surface area contributed by atoms with Gasteiger partial charge in [0.15, 0.2) is 0 Å². The monoisotopic (exact) mass is 290 g/mol. The van der Waals surface area contributed by atoms with Crippen LogP contribution in [-0.2, 0) is 6.54 Å². The van der Waals surface area contributed by atoms with Gasteiger partial charge in [-0.05, 0) is 38.0 Å². The Morgan fingerprint density at radius 1 is 1.35 bits per heavy atom. The molecule has 0 amide bonds. The second-order valence-electron chi connectivity index (χ2n) is 5.56. The van der Waals surface area contributed by atoms with Crippen LogP contribution in [0.1, 0.15) is 50.8 Å². The Kier molecular flexibility index (Phi) is 4.67. The highest BCUT2D eigenvalue weighted by Gasteiger charge is 2.42. The van der Waals surface area contributed by atoms with Crippen molar-refractivity contribution in [3.63, 3.8) is 0 Å². The molecule has 20 heavy (non-hydrogen) atoms. The number of alkyl halides is 3. The van der Waals surface area contributed by atoms with Crippen molar-refractivity contribution in [2.45, 2.75) is 57.8 Å². The molecule has 1 aliphatic carbocycles. The van der Waals surface area contributed by atoms with Gasteiger partial charge in [0.05, 0.1) is 23.9 Å². The average Bonchev–Trinajstić information content (AvgIpc) is 2.86. The molecular formula is C13H21F3N4. The third kappa shape index (κ3) is 3.31. The van der Waals surface area contributed by atoms with Gasteiger partial charge < -0.3 is 5.73 Å². The van der Waals surface area contributed by atoms with E-state index in [1.54, 1.807) is 10.9 Å². The predicted octanol–water partition coefficient (Wildman–Crippen LogP) is 3.06. The van der Waals surface area contributed by atoms with Crippen LogP contribution in [0.5, 0.6) is 0 Å². The highest BCUT2D eigenvalue weighted by Crippen LogP contribution is 2.42. The molecule has 7 heteroatoms. The lowest BCUT2D eigenvalue weighted by Gasteiger charge is -2.32. The van der Waals surface area contributed by atoms with E-state index in [1.165, 1.54) is 0 Å². The van der Waals surface area contributed by atoms with Gasteiger partial charge in [-0.1, -0.05) is 12.1 Å². The zero-order valence-corrected chi connectivity index (χ0v) is 11.6. The summed E-state index contributed by atoms with van der Waals surface area (Å²) in [6.45, 7) is 2.77. The quantitative estimate of drug-likeness (QED) is 0.927. The summed E-state index contributed by atoms with van der Waals surface area (Å²) in [5, 5.41) is 7.85. The molecule has 1 unspecified atom stereocenters. The Morgan fingerprint density at radius 2 is 2.00 bits per heavy atom. The molecule has 1 aliphatic rings. The minimum atomic E-state index is -4.07. The largest absolute Gasteiger partial charge is 0.391 e. The van der Waals surface area contributed by atoms with Gasteiger partial charge in [0.1, 0.15) is 0 Å². The summed E-state index contributed by atoms with van der Waals surface area (Å²) in [5.41, 5.74) is 7.05. The fourth-order valence-corrected chi connectivity index (χ4v) is 2.96. The van der Waals surface area contributed by atoms with Crippen LogP contribution in [0.4, 0.5) is 13.2 Å². The molecule has 1 heterocycles. The van der Waals surface area contributed by atoms with Crippen LogP contribution in [0.25, 0.3) is 0 Å². The van der Waals surface area contributed by atoms with Crippen molar-refractivity contribution < 1.29 is 13.2 Å². The van der Waals surface area contributed by atoms with E-state index in [9.17, 15) is 13.2 Å². The molecule has 1 aromatic rings. The van der Waals surface area contributed by atoms with Crippen molar-refractivity contribution >= 4 is 0 Å². The van der Waals surface area contributed by atoms with Crippen LogP contribution in [0.3, 0.4) is 0 Å². The number of nitrogens with zero attached hydrogens (tertiary/aromatic N) is 3. The van der Waals surface area contributed by atoms with E-state index in [-0.39, 0.29) is 24.8 Å². The summed E-state index contributed by atoms with van der Waals surface area (Å²) in [5.74, 6) is -1.08. The van der Waals surface area contributed by atoms with Crippen molar-refractivity contribution in [3.05, 3.63) is 11.9 Å². The topological polar surface area (TPSA) is 56.7 Å². The first-order valence-electron chi connectivity index (χ1n) is 7.14. The lowest BCUT2D eigenvalue weighted by Crippen LogP contribution is -2.32. The molecule has 0 saturated heterocycles. The second-order valence-corrected chi connectivity index (χ2v) is 5.56. The van der Waals surface area contributed by atoms with Gasteiger partial charge in [0, 0.05) is 6.54 Å². The first-order valence-corrected chi connectivity index (χ1v) is 7.14. The van der Waals surface area contributed by atoms with E-state index in [4.69, 9.17) is 5.73 Å². The van der Waals surface area contributed by atoms with Crippen LogP contribution < -0.4 is 5.73 Å². The maximum absolute atomic E-state index is 12.7. The molecule has 0 bridgehead atoms. The van der Waals surface area contributed by atoms with Crippen molar-refractivity contribution in [3.8, 4) is 0 Å². The number of halogens is 3. The molecule has 4 nitrogen and oxygen atoms in total. The number of nitrogens with two attached hydrogens (primary N) is 1. The summed E-state index contributed by atoms with van der Waals surface area (Å²) < 4.78 is 39.7. The van der Waals surface area contributed by atoms with E-state index in [2.05, 4.69) is 10.3 Å². The molecule has 1 aromatic heterocycles. The van der Waals surface area contributed by atoms with Gasteiger partial charge in [-0.2, -0.15) is 13.2 Å². The molecule has 114 valence electrons. The molecule has 1 atom stereocenters. The predicted molar refractivity (Wildman–Crippen MR) is 68.7 cm³/mol. The van der Waals surface area contributed by atoms with Crippen LogP contribution in [-0.4, -0.2) is 21.2 Å². The summed E-state index contributed by atoms with van der Waals surface area (Å²) in [6, 6.07) is -0.272. The second kappa shape index (κ2) is 6.11. The summed E-state index contributed by atoms with van der Waals surface area (Å²) >= 11 is 0. The lowest BCUT2D eigenvalue weighted by molar-refractivity contribution is -0.184. The number of hydrogen-bond donors (Lipinski definition) is 1. The van der Waals surface area contributed by atoms with E-state index < -0.39 is 12.1 Å². The normalized spacial score (nSPS) is 25.6. The third-order valence-corrected chi connectivity index (χ3v) is 4.17. The summed E-state index contributed by atoms with van der Waals surface area (Å²) in [7, 11) is 0. The molecule has 2 N–H and O–H groups in total. The van der Waals surface area contributed by atoms with Gasteiger partial charge in [0.2, 0.25) is 0 Å². The molecule has 0 aromatic carbocycles. The van der Waals surface area contributed by atoms with Crippen molar-refractivity contribution in [1.29, 1.82) is 0 Å². The molecule has 0 spiro atoms. The Balaban J connectivity index is 1.98. The van der Waals surface area contributed by atoms with Crippen LogP contribution >= 0.6 is 0 Å². The third-order valence-electron chi connectivity index (χ3n) is 4.17. The fourth-order valence-electron chi connectivity index (χ4n) is 2.96. The van der Waals surface area contributed by atoms with Crippen molar-refractivity contribution in [1.82, 2.24) is 15.0 Å². The highest BCUT2D eigenvalue weighted by molar-refractivity contribution is 5.04. The van der Waals surface area contributed by atoms with E-state index in [1.807, 2.05) is 6.92 Å². The zero-order valence-electron chi connectivity index (χ0n) is 11.6. The highest BCUT2D eigenvalue weighted by atomic mass is 19.4. The maximum atomic E-state index is 12.7. The van der Waals surface area contributed by atoms with Gasteiger partial charge >= 0.3 is 6.18 Å². The van der Waals surface area contributed by atoms with Gasteiger partial charge in [-0.15, -0.1) is 5.10 Å². The van der Waals surface area contributed by atoms with Crippen LogP contribution in [0, 0.1) is 11.8 Å². The first kappa shape index (κ1) is 15.3. The van der Waals surface area contributed by atoms with E-state index in [0.717, 1.165) is 18.7 Å². The van der Waals surface area contributed by atoms with Crippen LogP contribution in [0.15, 0.2) is 6.20 Å². The van der Waals surface area contributed by atoms with Crippen LogP contribution in [0.2, 0.25) is 0 Å². The minimum absolute atomic E-state index is 0.0858. The Hall–Kier alpha value is -1.11. The molecule has 1 saturated carbocycles.